The SMILES string of the molecule is CN1CCC(Nc2ccccc2S(C)(=O)=O)C1. The van der Waals surface area contributed by atoms with Gasteiger partial charge in [-0.2, -0.15) is 0 Å². The van der Waals surface area contributed by atoms with E-state index in [1.54, 1.807) is 12.1 Å². The van der Waals surface area contributed by atoms with Gasteiger partial charge < -0.3 is 10.2 Å². The van der Waals surface area contributed by atoms with Gasteiger partial charge in [-0.05, 0) is 32.1 Å². The molecule has 0 saturated carbocycles. The number of hydrogen-bond acceptors (Lipinski definition) is 4. The number of nitrogens with zero attached hydrogens (tertiary/aromatic N) is 1. The minimum absolute atomic E-state index is 0.336. The molecule has 1 saturated heterocycles. The van der Waals surface area contributed by atoms with Crippen LogP contribution in [0, 0.1) is 0 Å². The molecule has 1 fully saturated rings. The Labute approximate surface area is 103 Å². The first-order valence-electron chi connectivity index (χ1n) is 5.71. The number of benzene rings is 1. The molecule has 0 aliphatic carbocycles. The minimum Gasteiger partial charge on any atom is -0.380 e. The van der Waals surface area contributed by atoms with E-state index in [2.05, 4.69) is 17.3 Å². The smallest absolute Gasteiger partial charge is 0.177 e. The van der Waals surface area contributed by atoms with Gasteiger partial charge in [-0.15, -0.1) is 0 Å². The maximum atomic E-state index is 11.6. The highest BCUT2D eigenvalue weighted by Gasteiger charge is 2.21. The Bertz CT molecular complexity index is 499. The average molecular weight is 254 g/mol. The first kappa shape index (κ1) is 12.4. The highest BCUT2D eigenvalue weighted by atomic mass is 32.2. The zero-order valence-corrected chi connectivity index (χ0v) is 11.0. The number of likely N-dealkylation sites (N-methyl/N-ethyl adjacent to an activating group) is 1. The molecule has 0 radical (unpaired) electrons. The molecule has 1 atom stereocenters. The largest absolute Gasteiger partial charge is 0.380 e. The van der Waals surface area contributed by atoms with Crippen LogP contribution in [0.2, 0.25) is 0 Å². The van der Waals surface area contributed by atoms with Crippen molar-refractivity contribution in [2.24, 2.45) is 0 Å². The van der Waals surface area contributed by atoms with Crippen LogP contribution in [0.3, 0.4) is 0 Å². The molecule has 5 heteroatoms. The van der Waals surface area contributed by atoms with E-state index >= 15 is 0 Å². The fourth-order valence-corrected chi connectivity index (χ4v) is 3.03. The quantitative estimate of drug-likeness (QED) is 0.881. The van der Waals surface area contributed by atoms with Gasteiger partial charge in [0.2, 0.25) is 0 Å². The maximum Gasteiger partial charge on any atom is 0.177 e. The van der Waals surface area contributed by atoms with Crippen molar-refractivity contribution in [3.63, 3.8) is 0 Å². The Balaban J connectivity index is 2.21. The molecule has 0 bridgehead atoms. The van der Waals surface area contributed by atoms with Crippen molar-refractivity contribution in [2.45, 2.75) is 17.4 Å². The van der Waals surface area contributed by atoms with E-state index in [0.717, 1.165) is 25.2 Å². The molecule has 4 nitrogen and oxygen atoms in total. The van der Waals surface area contributed by atoms with E-state index in [1.807, 2.05) is 12.1 Å². The topological polar surface area (TPSA) is 49.4 Å². The van der Waals surface area contributed by atoms with Gasteiger partial charge in [0.15, 0.2) is 9.84 Å². The highest BCUT2D eigenvalue weighted by Crippen LogP contribution is 2.23. The van der Waals surface area contributed by atoms with Crippen LogP contribution in [0.25, 0.3) is 0 Å². The monoisotopic (exact) mass is 254 g/mol. The van der Waals surface area contributed by atoms with Crippen molar-refractivity contribution in [3.05, 3.63) is 24.3 Å². The van der Waals surface area contributed by atoms with E-state index < -0.39 is 9.84 Å². The summed E-state index contributed by atoms with van der Waals surface area (Å²) in [7, 11) is -1.09. The molecule has 0 amide bonds. The van der Waals surface area contributed by atoms with E-state index in [9.17, 15) is 8.42 Å². The predicted molar refractivity (Wildman–Crippen MR) is 69.1 cm³/mol. The normalized spacial score (nSPS) is 21.6. The maximum absolute atomic E-state index is 11.6. The van der Waals surface area contributed by atoms with Gasteiger partial charge in [-0.1, -0.05) is 12.1 Å². The van der Waals surface area contributed by atoms with Crippen LogP contribution >= 0.6 is 0 Å². The highest BCUT2D eigenvalue weighted by molar-refractivity contribution is 7.90. The summed E-state index contributed by atoms with van der Waals surface area (Å²) in [4.78, 5) is 2.62. The fourth-order valence-electron chi connectivity index (χ4n) is 2.18. The Morgan fingerprint density at radius 1 is 1.35 bits per heavy atom. The van der Waals surface area contributed by atoms with Crippen LogP contribution in [0.4, 0.5) is 5.69 Å². The zero-order valence-electron chi connectivity index (χ0n) is 10.2. The van der Waals surface area contributed by atoms with E-state index in [4.69, 9.17) is 0 Å². The van der Waals surface area contributed by atoms with Crippen LogP contribution in [0.5, 0.6) is 0 Å². The average Bonchev–Trinajstić information content (AvgIpc) is 2.63. The summed E-state index contributed by atoms with van der Waals surface area (Å²) in [5.41, 5.74) is 0.718. The van der Waals surface area contributed by atoms with Gasteiger partial charge in [0, 0.05) is 18.8 Å². The second-order valence-corrected chi connectivity index (χ2v) is 6.64. The van der Waals surface area contributed by atoms with Gasteiger partial charge >= 0.3 is 0 Å². The predicted octanol–water partition coefficient (Wildman–Crippen LogP) is 1.21. The van der Waals surface area contributed by atoms with Crippen molar-refractivity contribution in [2.75, 3.05) is 31.7 Å². The number of rotatable bonds is 3. The second kappa shape index (κ2) is 4.66. The lowest BCUT2D eigenvalue weighted by Crippen LogP contribution is -2.24. The minimum atomic E-state index is -3.16. The Morgan fingerprint density at radius 2 is 2.06 bits per heavy atom. The molecule has 1 aliphatic rings. The first-order chi connectivity index (χ1) is 7.97. The van der Waals surface area contributed by atoms with E-state index in [1.165, 1.54) is 6.26 Å². The van der Waals surface area contributed by atoms with Crippen molar-refractivity contribution < 1.29 is 8.42 Å². The van der Waals surface area contributed by atoms with Crippen LogP contribution in [0.1, 0.15) is 6.42 Å². The standard InChI is InChI=1S/C12H18N2O2S/c1-14-8-7-10(9-14)13-11-5-3-4-6-12(11)17(2,15)16/h3-6,10,13H,7-9H2,1-2H3. The van der Waals surface area contributed by atoms with E-state index in [-0.39, 0.29) is 0 Å². The number of likely N-dealkylation sites (tertiary alicyclic amines) is 1. The van der Waals surface area contributed by atoms with Gasteiger partial charge in [0.1, 0.15) is 0 Å². The summed E-state index contributed by atoms with van der Waals surface area (Å²) in [6.07, 6.45) is 2.29. The molecule has 0 aromatic heterocycles. The lowest BCUT2D eigenvalue weighted by molar-refractivity contribution is 0.414. The second-order valence-electron chi connectivity index (χ2n) is 4.66. The van der Waals surface area contributed by atoms with Gasteiger partial charge in [-0.3, -0.25) is 0 Å². The molecule has 2 rings (SSSR count). The molecule has 1 N–H and O–H groups in total. The molecule has 1 heterocycles. The lowest BCUT2D eigenvalue weighted by atomic mass is 10.2. The van der Waals surface area contributed by atoms with Crippen LogP contribution in [-0.4, -0.2) is 45.8 Å². The molecule has 1 aromatic carbocycles. The first-order valence-corrected chi connectivity index (χ1v) is 7.60. The Morgan fingerprint density at radius 3 is 2.65 bits per heavy atom. The Hall–Kier alpha value is -1.07. The molecule has 1 aliphatic heterocycles. The summed E-state index contributed by atoms with van der Waals surface area (Å²) >= 11 is 0. The summed E-state index contributed by atoms with van der Waals surface area (Å²) in [5.74, 6) is 0. The lowest BCUT2D eigenvalue weighted by Gasteiger charge is -2.16. The number of hydrogen-bond donors (Lipinski definition) is 1. The summed E-state index contributed by atoms with van der Waals surface area (Å²) in [5, 5.41) is 3.33. The molecule has 0 spiro atoms. The van der Waals surface area contributed by atoms with Crippen LogP contribution < -0.4 is 5.32 Å². The Kier molecular flexibility index (Phi) is 3.40. The van der Waals surface area contributed by atoms with Gasteiger partial charge in [-0.25, -0.2) is 8.42 Å². The molecule has 94 valence electrons. The summed E-state index contributed by atoms with van der Waals surface area (Å²) in [6.45, 7) is 2.01. The third kappa shape index (κ3) is 2.98. The third-order valence-electron chi connectivity index (χ3n) is 3.04. The molecule has 17 heavy (non-hydrogen) atoms. The van der Waals surface area contributed by atoms with Crippen molar-refractivity contribution in [1.29, 1.82) is 0 Å². The summed E-state index contributed by atoms with van der Waals surface area (Å²) < 4.78 is 23.3. The molecule has 1 unspecified atom stereocenters. The zero-order chi connectivity index (χ0) is 12.5. The van der Waals surface area contributed by atoms with Crippen molar-refractivity contribution in [3.8, 4) is 0 Å². The number of nitrogens with one attached hydrogen (secondary N) is 1. The van der Waals surface area contributed by atoms with Gasteiger partial charge in [0.25, 0.3) is 0 Å². The summed E-state index contributed by atoms with van der Waals surface area (Å²) in [6, 6.07) is 7.42. The van der Waals surface area contributed by atoms with Crippen molar-refractivity contribution in [1.82, 2.24) is 4.90 Å². The third-order valence-corrected chi connectivity index (χ3v) is 4.19. The number of anilines is 1. The fraction of sp³-hybridized carbons (Fsp3) is 0.500. The van der Waals surface area contributed by atoms with Crippen LogP contribution in [-0.2, 0) is 9.84 Å². The molecular weight excluding hydrogens is 236 g/mol. The van der Waals surface area contributed by atoms with Gasteiger partial charge in [0.05, 0.1) is 10.6 Å². The number of para-hydroxylation sites is 1. The van der Waals surface area contributed by atoms with Crippen LogP contribution in [0.15, 0.2) is 29.2 Å². The number of sulfone groups is 1. The van der Waals surface area contributed by atoms with E-state index in [0.29, 0.717) is 10.9 Å². The molecular formula is C12H18N2O2S. The van der Waals surface area contributed by atoms with Crippen molar-refractivity contribution >= 4 is 15.5 Å². The molecule has 1 aromatic rings.